The van der Waals surface area contributed by atoms with Gasteiger partial charge in [0.25, 0.3) is 0 Å². The molecule has 4 rings (SSSR count). The summed E-state index contributed by atoms with van der Waals surface area (Å²) in [6, 6.07) is 10.0. The van der Waals surface area contributed by atoms with Gasteiger partial charge >= 0.3 is 20.3 Å². The van der Waals surface area contributed by atoms with Gasteiger partial charge < -0.3 is 24.3 Å². The number of methoxy groups -OCH3 is 1. The monoisotopic (exact) mass is 608 g/mol. The molecule has 2 aliphatic heterocycles. The molecule has 2 aromatic rings. The Morgan fingerprint density at radius 2 is 1.95 bits per heavy atom. The van der Waals surface area contributed by atoms with Gasteiger partial charge in [-0.15, -0.1) is 4.40 Å². The van der Waals surface area contributed by atoms with Crippen molar-refractivity contribution in [3.05, 3.63) is 47.5 Å². The minimum absolute atomic E-state index is 0.0259. The van der Waals surface area contributed by atoms with Crippen molar-refractivity contribution in [1.82, 2.24) is 4.90 Å². The molecule has 0 bridgehead atoms. The second-order valence-electron chi connectivity index (χ2n) is 10.7. The number of piperidine rings is 1. The molecule has 12 nitrogen and oxygen atoms in total. The molecule has 1 saturated heterocycles. The van der Waals surface area contributed by atoms with Gasteiger partial charge in [-0.3, -0.25) is 9.52 Å². The van der Waals surface area contributed by atoms with E-state index in [4.69, 9.17) is 19.4 Å². The molecule has 0 aliphatic carbocycles. The fourth-order valence-electron chi connectivity index (χ4n) is 4.92. The van der Waals surface area contributed by atoms with Crippen LogP contribution in [0.3, 0.4) is 0 Å². The van der Waals surface area contributed by atoms with Crippen molar-refractivity contribution in [3.63, 3.8) is 0 Å². The molecule has 2 aromatic carbocycles. The molecule has 3 N–H and O–H groups in total. The molecule has 0 radical (unpaired) electrons. The Kier molecular flexibility index (Phi) is 8.73. The summed E-state index contributed by atoms with van der Waals surface area (Å²) < 4.78 is 70.3. The summed E-state index contributed by atoms with van der Waals surface area (Å²) in [5.74, 6) is 0.498. The number of nitrogens with zero attached hydrogens (tertiary/aromatic N) is 2. The predicted octanol–water partition coefficient (Wildman–Crippen LogP) is 2.78. The Morgan fingerprint density at radius 1 is 1.20 bits per heavy atom. The third kappa shape index (κ3) is 7.22. The lowest BCUT2D eigenvalue weighted by Crippen LogP contribution is -2.43. The highest BCUT2D eigenvalue weighted by Crippen LogP contribution is 2.37. The second kappa shape index (κ2) is 11.8. The molecule has 0 saturated carbocycles. The number of carbonyl (C=O) groups excluding carboxylic acids is 1. The number of nitrogens with one attached hydrogen (secondary N) is 1. The number of amides is 1. The largest absolute Gasteiger partial charge is 0.493 e. The highest BCUT2D eigenvalue weighted by Gasteiger charge is 2.32. The van der Waals surface area contributed by atoms with Crippen molar-refractivity contribution in [3.8, 4) is 17.2 Å². The number of rotatable bonds is 10. The van der Waals surface area contributed by atoms with Gasteiger partial charge in [-0.1, -0.05) is 26.0 Å². The van der Waals surface area contributed by atoms with E-state index in [9.17, 15) is 21.6 Å². The van der Waals surface area contributed by atoms with E-state index in [1.165, 1.54) is 14.0 Å². The van der Waals surface area contributed by atoms with Crippen LogP contribution in [-0.2, 0) is 30.5 Å². The number of hydrogen-bond acceptors (Lipinski definition) is 9. The van der Waals surface area contributed by atoms with Crippen LogP contribution in [0.1, 0.15) is 51.2 Å². The van der Waals surface area contributed by atoms with Crippen molar-refractivity contribution < 1.29 is 35.3 Å². The smallest absolute Gasteiger partial charge is 0.344 e. The van der Waals surface area contributed by atoms with Gasteiger partial charge in [0.05, 0.1) is 30.7 Å². The highest BCUT2D eigenvalue weighted by atomic mass is 32.2. The minimum atomic E-state index is -3.89. The summed E-state index contributed by atoms with van der Waals surface area (Å²) in [7, 11) is -6.22. The van der Waals surface area contributed by atoms with Crippen molar-refractivity contribution in [2.24, 2.45) is 16.0 Å². The fraction of sp³-hybridized carbons (Fsp3) is 0.481. The Labute approximate surface area is 241 Å². The van der Waals surface area contributed by atoms with Crippen LogP contribution in [0.25, 0.3) is 0 Å². The van der Waals surface area contributed by atoms with Crippen LogP contribution in [0, 0.1) is 5.92 Å². The third-order valence-corrected chi connectivity index (χ3v) is 9.25. The summed E-state index contributed by atoms with van der Waals surface area (Å²) in [5.41, 5.74) is 6.74. The van der Waals surface area contributed by atoms with Gasteiger partial charge in [-0.25, -0.2) is 0 Å². The Morgan fingerprint density at radius 3 is 2.66 bits per heavy atom. The van der Waals surface area contributed by atoms with Gasteiger partial charge in [0.2, 0.25) is 5.91 Å². The van der Waals surface area contributed by atoms with Crippen molar-refractivity contribution in [2.45, 2.75) is 45.4 Å². The first-order chi connectivity index (χ1) is 19.2. The van der Waals surface area contributed by atoms with Crippen molar-refractivity contribution in [2.75, 3.05) is 37.3 Å². The lowest BCUT2D eigenvalue weighted by molar-refractivity contribution is -0.134. The number of ether oxygens (including phenoxy) is 2. The number of likely N-dealkylation sites (tertiary alicyclic amines) is 1. The number of hydrogen-bond donors (Lipinski definition) is 2. The molecule has 1 atom stereocenters. The van der Waals surface area contributed by atoms with Gasteiger partial charge in [0, 0.05) is 25.4 Å². The van der Waals surface area contributed by atoms with Crippen LogP contribution in [0.4, 0.5) is 5.69 Å². The van der Waals surface area contributed by atoms with Gasteiger partial charge in [-0.2, -0.15) is 16.8 Å². The molecule has 2 heterocycles. The number of anilines is 1. The second-order valence-corrected chi connectivity index (χ2v) is 13.9. The van der Waals surface area contributed by atoms with Gasteiger partial charge in [0.15, 0.2) is 17.3 Å². The zero-order valence-corrected chi connectivity index (χ0v) is 25.2. The van der Waals surface area contributed by atoms with Crippen LogP contribution in [0.15, 0.2) is 40.8 Å². The normalized spacial score (nSPS) is 18.5. The SMILES string of the molecule is CCS(=O)(=O)Oc1cc(C(C)(C)CC(=O)N2CCC[C@H](COc3cccc4c3C(N)=NS(=O)(=O)N4)C2)ccc1OC. The minimum Gasteiger partial charge on any atom is -0.493 e. The lowest BCUT2D eigenvalue weighted by Gasteiger charge is -2.35. The molecule has 41 heavy (non-hydrogen) atoms. The van der Waals surface area contributed by atoms with E-state index in [1.54, 1.807) is 36.4 Å². The van der Waals surface area contributed by atoms with E-state index in [1.807, 2.05) is 18.7 Å². The average molecular weight is 609 g/mol. The maximum absolute atomic E-state index is 13.4. The molecule has 0 unspecified atom stereocenters. The summed E-state index contributed by atoms with van der Waals surface area (Å²) in [4.78, 5) is 15.2. The molecular formula is C27H36N4O8S2. The summed E-state index contributed by atoms with van der Waals surface area (Å²) in [5, 5.41) is 0. The zero-order chi connectivity index (χ0) is 30.0. The van der Waals surface area contributed by atoms with Crippen LogP contribution < -0.4 is 24.1 Å². The zero-order valence-electron chi connectivity index (χ0n) is 23.5. The first-order valence-electron chi connectivity index (χ1n) is 13.3. The average Bonchev–Trinajstić information content (AvgIpc) is 2.90. The van der Waals surface area contributed by atoms with Crippen LogP contribution in [0.5, 0.6) is 17.2 Å². The summed E-state index contributed by atoms with van der Waals surface area (Å²) in [6.07, 6.45) is 1.88. The van der Waals surface area contributed by atoms with Crippen LogP contribution >= 0.6 is 0 Å². The predicted molar refractivity (Wildman–Crippen MR) is 155 cm³/mol. The van der Waals surface area contributed by atoms with Crippen molar-refractivity contribution in [1.29, 1.82) is 0 Å². The topological polar surface area (TPSA) is 167 Å². The Bertz CT molecular complexity index is 1550. The number of fused-ring (bicyclic) bond motifs is 1. The third-order valence-electron chi connectivity index (χ3n) is 7.19. The van der Waals surface area contributed by atoms with E-state index < -0.39 is 25.7 Å². The summed E-state index contributed by atoms with van der Waals surface area (Å²) in [6.45, 7) is 6.79. The Hall–Kier alpha value is -3.52. The quantitative estimate of drug-likeness (QED) is 0.386. The maximum Gasteiger partial charge on any atom is 0.344 e. The number of nitrogens with two attached hydrogens (primary N) is 1. The van der Waals surface area contributed by atoms with E-state index >= 15 is 0 Å². The highest BCUT2D eigenvalue weighted by molar-refractivity contribution is 7.91. The molecule has 1 amide bonds. The summed E-state index contributed by atoms with van der Waals surface area (Å²) >= 11 is 0. The van der Waals surface area contributed by atoms with Crippen LogP contribution in [0.2, 0.25) is 0 Å². The number of amidine groups is 1. The molecule has 14 heteroatoms. The van der Waals surface area contributed by atoms with E-state index in [-0.39, 0.29) is 41.3 Å². The van der Waals surface area contributed by atoms with Gasteiger partial charge in [0.1, 0.15) is 5.75 Å². The van der Waals surface area contributed by atoms with Gasteiger partial charge in [-0.05, 0) is 55.0 Å². The first kappa shape index (κ1) is 30.4. The van der Waals surface area contributed by atoms with E-state index in [0.29, 0.717) is 36.7 Å². The first-order valence-corrected chi connectivity index (χ1v) is 16.3. The lowest BCUT2D eigenvalue weighted by atomic mass is 9.80. The molecule has 1 fully saturated rings. The van der Waals surface area contributed by atoms with Crippen molar-refractivity contribution >= 4 is 37.8 Å². The van der Waals surface area contributed by atoms with Crippen LogP contribution in [-0.4, -0.2) is 66.0 Å². The molecular weight excluding hydrogens is 572 g/mol. The maximum atomic E-state index is 13.4. The Balaban J connectivity index is 1.42. The fourth-order valence-corrected chi connectivity index (χ4v) is 6.29. The molecule has 0 spiro atoms. The van der Waals surface area contributed by atoms with E-state index in [2.05, 4.69) is 9.12 Å². The molecule has 0 aromatic heterocycles. The molecule has 2 aliphatic rings. The number of carbonyl (C=O) groups is 1. The number of benzene rings is 2. The van der Waals surface area contributed by atoms with E-state index in [0.717, 1.165) is 18.4 Å². The molecule has 224 valence electrons. The standard InChI is InChI=1S/C27H36N4O8S2/c1-5-40(33,34)39-23-14-19(11-12-21(23)37-4)27(2,3)15-24(32)31-13-7-8-18(16-31)17-38-22-10-6-9-20-25(22)26(28)30-41(35,36)29-20/h6,9-12,14,18,29H,5,7-8,13,15-17H2,1-4H3,(H2,28,30)/t18-/m0/s1.